The number of aromatic amines is 1. The van der Waals surface area contributed by atoms with Crippen molar-refractivity contribution >= 4 is 11.6 Å². The highest BCUT2D eigenvalue weighted by Crippen LogP contribution is 2.35. The van der Waals surface area contributed by atoms with Gasteiger partial charge in [0.25, 0.3) is 0 Å². The van der Waals surface area contributed by atoms with Gasteiger partial charge in [0.1, 0.15) is 0 Å². The van der Waals surface area contributed by atoms with Crippen molar-refractivity contribution in [3.63, 3.8) is 0 Å². The minimum atomic E-state index is -0.232. The minimum absolute atomic E-state index is 0.0499. The zero-order valence-corrected chi connectivity index (χ0v) is 12.2. The van der Waals surface area contributed by atoms with Crippen molar-refractivity contribution in [1.29, 1.82) is 0 Å². The van der Waals surface area contributed by atoms with Crippen LogP contribution in [-0.4, -0.2) is 39.5 Å². The van der Waals surface area contributed by atoms with Gasteiger partial charge in [0.15, 0.2) is 0 Å². The molecular formula is C14H19N5O2. The number of nitrogens with zero attached hydrogens (tertiary/aromatic N) is 4. The Morgan fingerprint density at radius 2 is 2.38 bits per heavy atom. The molecule has 1 aliphatic rings. The van der Waals surface area contributed by atoms with Gasteiger partial charge in [-0.3, -0.25) is 14.6 Å². The highest BCUT2D eigenvalue weighted by molar-refractivity contribution is 5.94. The van der Waals surface area contributed by atoms with Gasteiger partial charge < -0.3 is 9.64 Å². The topological polar surface area (TPSA) is 76.0 Å². The van der Waals surface area contributed by atoms with E-state index in [-0.39, 0.29) is 17.9 Å². The zero-order chi connectivity index (χ0) is 14.8. The maximum absolute atomic E-state index is 12.8. The Hall–Kier alpha value is -2.15. The summed E-state index contributed by atoms with van der Waals surface area (Å²) in [5.41, 5.74) is 1.71. The molecule has 1 saturated heterocycles. The number of anilines is 1. The molecule has 7 heteroatoms. The molecule has 2 atom stereocenters. The molecule has 7 nitrogen and oxygen atoms in total. The Labute approximate surface area is 122 Å². The van der Waals surface area contributed by atoms with Gasteiger partial charge in [-0.1, -0.05) is 0 Å². The number of nitrogens with one attached hydrogen (secondary N) is 1. The first-order chi connectivity index (χ1) is 10.2. The Morgan fingerprint density at radius 1 is 1.52 bits per heavy atom. The van der Waals surface area contributed by atoms with Crippen molar-refractivity contribution in [3.05, 3.63) is 30.4 Å². The summed E-state index contributed by atoms with van der Waals surface area (Å²) in [5.74, 6) is -0.143. The zero-order valence-electron chi connectivity index (χ0n) is 12.2. The van der Waals surface area contributed by atoms with E-state index in [1.807, 2.05) is 13.2 Å². The van der Waals surface area contributed by atoms with E-state index in [1.54, 1.807) is 35.2 Å². The molecular weight excluding hydrogens is 270 g/mol. The summed E-state index contributed by atoms with van der Waals surface area (Å²) in [6, 6.07) is 0. The van der Waals surface area contributed by atoms with Crippen LogP contribution in [-0.2, 0) is 16.6 Å². The third kappa shape index (κ3) is 2.69. The van der Waals surface area contributed by atoms with Crippen molar-refractivity contribution in [1.82, 2.24) is 20.0 Å². The fourth-order valence-electron chi connectivity index (χ4n) is 2.74. The summed E-state index contributed by atoms with van der Waals surface area (Å²) in [7, 11) is 3.61. The van der Waals surface area contributed by atoms with Gasteiger partial charge in [0, 0.05) is 38.7 Å². The number of H-pyrrole nitrogens is 1. The first kappa shape index (κ1) is 13.8. The molecule has 1 amide bonds. The van der Waals surface area contributed by atoms with E-state index in [1.165, 1.54) is 0 Å². The molecule has 2 aromatic rings. The van der Waals surface area contributed by atoms with Crippen LogP contribution in [0.2, 0.25) is 0 Å². The molecule has 21 heavy (non-hydrogen) atoms. The second-order valence-corrected chi connectivity index (χ2v) is 5.34. The van der Waals surface area contributed by atoms with Crippen molar-refractivity contribution < 1.29 is 9.53 Å². The predicted molar refractivity (Wildman–Crippen MR) is 76.6 cm³/mol. The van der Waals surface area contributed by atoms with Gasteiger partial charge in [-0.05, 0) is 12.8 Å². The van der Waals surface area contributed by atoms with Crippen LogP contribution >= 0.6 is 0 Å². The molecule has 0 aliphatic carbocycles. The number of aryl methyl sites for hydroxylation is 1. The molecule has 0 bridgehead atoms. The molecule has 0 saturated carbocycles. The minimum Gasteiger partial charge on any atom is -0.373 e. The molecule has 3 heterocycles. The van der Waals surface area contributed by atoms with Crippen LogP contribution in [0.25, 0.3) is 0 Å². The maximum Gasteiger partial charge on any atom is 0.232 e. The Bertz CT molecular complexity index is 607. The van der Waals surface area contributed by atoms with Crippen LogP contribution in [0.1, 0.15) is 24.5 Å². The monoisotopic (exact) mass is 289 g/mol. The molecule has 1 aliphatic heterocycles. The third-order valence-corrected chi connectivity index (χ3v) is 3.90. The number of hydrogen-bond acceptors (Lipinski definition) is 4. The lowest BCUT2D eigenvalue weighted by molar-refractivity contribution is -0.131. The fraction of sp³-hybridized carbons (Fsp3) is 0.500. The number of carbonyl (C=O) groups is 1. The third-order valence-electron chi connectivity index (χ3n) is 3.90. The van der Waals surface area contributed by atoms with E-state index < -0.39 is 0 Å². The van der Waals surface area contributed by atoms with Crippen LogP contribution in [0, 0.1) is 5.92 Å². The van der Waals surface area contributed by atoms with E-state index in [9.17, 15) is 4.79 Å². The molecule has 0 unspecified atom stereocenters. The second-order valence-electron chi connectivity index (χ2n) is 5.34. The van der Waals surface area contributed by atoms with Gasteiger partial charge in [-0.15, -0.1) is 0 Å². The van der Waals surface area contributed by atoms with Gasteiger partial charge in [-0.2, -0.15) is 10.2 Å². The predicted octanol–water partition coefficient (Wildman–Crippen LogP) is 1.27. The highest BCUT2D eigenvalue weighted by Gasteiger charge is 2.35. The first-order valence-corrected chi connectivity index (χ1v) is 7.03. The summed E-state index contributed by atoms with van der Waals surface area (Å²) in [6.07, 6.45) is 8.51. The Morgan fingerprint density at radius 3 is 3.05 bits per heavy atom. The molecule has 1 N–H and O–H groups in total. The highest BCUT2D eigenvalue weighted by atomic mass is 16.5. The van der Waals surface area contributed by atoms with Crippen molar-refractivity contribution in [2.75, 3.05) is 18.6 Å². The van der Waals surface area contributed by atoms with Crippen LogP contribution < -0.4 is 4.90 Å². The summed E-state index contributed by atoms with van der Waals surface area (Å²) in [6.45, 7) is 0.677. The van der Waals surface area contributed by atoms with Crippen LogP contribution in [0.4, 0.5) is 5.69 Å². The van der Waals surface area contributed by atoms with E-state index >= 15 is 0 Å². The van der Waals surface area contributed by atoms with Gasteiger partial charge in [-0.25, -0.2) is 0 Å². The molecule has 0 spiro atoms. The maximum atomic E-state index is 12.8. The van der Waals surface area contributed by atoms with Crippen LogP contribution in [0.3, 0.4) is 0 Å². The van der Waals surface area contributed by atoms with E-state index in [4.69, 9.17) is 4.74 Å². The number of rotatable bonds is 3. The largest absolute Gasteiger partial charge is 0.373 e. The SMILES string of the molecule is CN(C(=O)[C@@H]1CCCO[C@H]1c1cn[nH]c1)c1cnn(C)c1. The summed E-state index contributed by atoms with van der Waals surface area (Å²) < 4.78 is 7.50. The molecule has 0 aromatic carbocycles. The van der Waals surface area contributed by atoms with Crippen molar-refractivity contribution in [3.8, 4) is 0 Å². The lowest BCUT2D eigenvalue weighted by Crippen LogP contribution is -2.38. The second kappa shape index (κ2) is 5.69. The summed E-state index contributed by atoms with van der Waals surface area (Å²) in [5, 5.41) is 10.8. The van der Waals surface area contributed by atoms with E-state index in [0.29, 0.717) is 6.61 Å². The van der Waals surface area contributed by atoms with Crippen molar-refractivity contribution in [2.45, 2.75) is 18.9 Å². The van der Waals surface area contributed by atoms with Gasteiger partial charge in [0.05, 0.1) is 30.1 Å². The Kier molecular flexibility index (Phi) is 3.74. The fourth-order valence-corrected chi connectivity index (χ4v) is 2.74. The molecule has 3 rings (SSSR count). The number of hydrogen-bond donors (Lipinski definition) is 1. The van der Waals surface area contributed by atoms with E-state index in [0.717, 1.165) is 24.1 Å². The number of aromatic nitrogens is 4. The average molecular weight is 289 g/mol. The molecule has 2 aromatic heterocycles. The Balaban J connectivity index is 1.81. The lowest BCUT2D eigenvalue weighted by Gasteiger charge is -2.32. The van der Waals surface area contributed by atoms with E-state index in [2.05, 4.69) is 15.3 Å². The van der Waals surface area contributed by atoms with Crippen molar-refractivity contribution in [2.24, 2.45) is 13.0 Å². The molecule has 0 radical (unpaired) electrons. The van der Waals surface area contributed by atoms with Crippen LogP contribution in [0.5, 0.6) is 0 Å². The van der Waals surface area contributed by atoms with Gasteiger partial charge >= 0.3 is 0 Å². The lowest BCUT2D eigenvalue weighted by atomic mass is 9.89. The number of amides is 1. The van der Waals surface area contributed by atoms with Gasteiger partial charge in [0.2, 0.25) is 5.91 Å². The quantitative estimate of drug-likeness (QED) is 0.923. The average Bonchev–Trinajstić information content (AvgIpc) is 3.17. The summed E-state index contributed by atoms with van der Waals surface area (Å²) >= 11 is 0. The molecule has 1 fully saturated rings. The number of carbonyl (C=O) groups excluding carboxylic acids is 1. The smallest absolute Gasteiger partial charge is 0.232 e. The number of ether oxygens (including phenoxy) is 1. The normalized spacial score (nSPS) is 22.2. The first-order valence-electron chi connectivity index (χ1n) is 7.03. The summed E-state index contributed by atoms with van der Waals surface area (Å²) in [4.78, 5) is 14.4. The van der Waals surface area contributed by atoms with Crippen LogP contribution in [0.15, 0.2) is 24.8 Å². The molecule has 112 valence electrons. The standard InChI is InChI=1S/C14H19N5O2/c1-18-9-11(8-17-18)19(2)14(20)12-4-3-5-21-13(12)10-6-15-16-7-10/h6-9,12-13H,3-5H2,1-2H3,(H,15,16)/t12-,13+/m1/s1.